The Morgan fingerprint density at radius 1 is 1.47 bits per heavy atom. The number of aromatic nitrogens is 2. The Kier molecular flexibility index (Phi) is 3.33. The van der Waals surface area contributed by atoms with Gasteiger partial charge >= 0.3 is 6.18 Å². The Labute approximate surface area is 84.1 Å². The third kappa shape index (κ3) is 2.68. The van der Waals surface area contributed by atoms with Crippen molar-refractivity contribution in [1.29, 1.82) is 0 Å². The summed E-state index contributed by atoms with van der Waals surface area (Å²) in [5, 5.41) is 12.4. The second-order valence-electron chi connectivity index (χ2n) is 3.18. The highest BCUT2D eigenvalue weighted by atomic mass is 19.4. The first-order valence-electron chi connectivity index (χ1n) is 4.43. The minimum Gasteiger partial charge on any atom is -0.383 e. The van der Waals surface area contributed by atoms with E-state index in [1.807, 2.05) is 0 Å². The molecule has 0 amide bonds. The van der Waals surface area contributed by atoms with Crippen LogP contribution in [-0.4, -0.2) is 27.5 Å². The molecule has 1 aromatic rings. The van der Waals surface area contributed by atoms with Gasteiger partial charge < -0.3 is 9.63 Å². The van der Waals surface area contributed by atoms with Gasteiger partial charge in [-0.1, -0.05) is 19.0 Å². The summed E-state index contributed by atoms with van der Waals surface area (Å²) in [6, 6.07) is 0. The Balaban J connectivity index is 2.80. The molecule has 1 rings (SSSR count). The van der Waals surface area contributed by atoms with Crippen LogP contribution < -0.4 is 0 Å². The van der Waals surface area contributed by atoms with Crippen molar-refractivity contribution in [1.82, 2.24) is 10.1 Å². The van der Waals surface area contributed by atoms with E-state index >= 15 is 0 Å². The van der Waals surface area contributed by atoms with Gasteiger partial charge in [0.1, 0.15) is 0 Å². The molecule has 1 aromatic heterocycles. The number of nitrogens with zero attached hydrogens (tertiary/aromatic N) is 2. The summed E-state index contributed by atoms with van der Waals surface area (Å²) in [4.78, 5) is 3.73. The smallest absolute Gasteiger partial charge is 0.383 e. The molecule has 2 atom stereocenters. The molecule has 0 aromatic carbocycles. The van der Waals surface area contributed by atoms with Gasteiger partial charge in [-0.3, -0.25) is 0 Å². The Morgan fingerprint density at radius 2 is 2.07 bits per heavy atom. The van der Waals surface area contributed by atoms with Crippen molar-refractivity contribution in [3.05, 3.63) is 11.7 Å². The van der Waals surface area contributed by atoms with Crippen molar-refractivity contribution in [2.24, 2.45) is 0 Å². The molecule has 0 aliphatic carbocycles. The predicted molar refractivity (Wildman–Crippen MR) is 44.2 cm³/mol. The zero-order valence-corrected chi connectivity index (χ0v) is 8.25. The van der Waals surface area contributed by atoms with E-state index in [-0.39, 0.29) is 5.89 Å². The highest BCUT2D eigenvalue weighted by Gasteiger charge is 2.44. The molecule has 86 valence electrons. The van der Waals surface area contributed by atoms with E-state index in [1.165, 1.54) is 6.92 Å². The maximum Gasteiger partial charge on any atom is 0.415 e. The van der Waals surface area contributed by atoms with Crippen LogP contribution in [0.2, 0.25) is 0 Å². The van der Waals surface area contributed by atoms with Crippen LogP contribution in [0.25, 0.3) is 0 Å². The van der Waals surface area contributed by atoms with E-state index in [1.54, 1.807) is 6.92 Å². The van der Waals surface area contributed by atoms with E-state index < -0.39 is 18.2 Å². The maximum atomic E-state index is 12.1. The zero-order valence-electron chi connectivity index (χ0n) is 8.25. The molecule has 15 heavy (non-hydrogen) atoms. The molecule has 1 N–H and O–H groups in total. The van der Waals surface area contributed by atoms with Crippen molar-refractivity contribution in [3.63, 3.8) is 0 Å². The molecule has 1 heterocycles. The molecule has 0 radical (unpaired) electrons. The molecule has 4 nitrogen and oxygen atoms in total. The molecule has 2 unspecified atom stereocenters. The fourth-order valence-corrected chi connectivity index (χ4v) is 1.01. The van der Waals surface area contributed by atoms with Crippen LogP contribution in [0.15, 0.2) is 4.52 Å². The van der Waals surface area contributed by atoms with Gasteiger partial charge in [0, 0.05) is 6.42 Å². The fraction of sp³-hybridized carbons (Fsp3) is 0.750. The third-order valence-corrected chi connectivity index (χ3v) is 2.00. The van der Waals surface area contributed by atoms with Gasteiger partial charge in [-0.05, 0) is 0 Å². The lowest BCUT2D eigenvalue weighted by molar-refractivity contribution is -0.210. The number of hydrogen-bond acceptors (Lipinski definition) is 4. The number of hydrogen-bond donors (Lipinski definition) is 1. The molecule has 0 saturated carbocycles. The first kappa shape index (κ1) is 12.0. The third-order valence-electron chi connectivity index (χ3n) is 2.00. The van der Waals surface area contributed by atoms with Crippen molar-refractivity contribution < 1.29 is 22.8 Å². The lowest BCUT2D eigenvalue weighted by Gasteiger charge is -2.17. The molecule has 0 bridgehead atoms. The predicted octanol–water partition coefficient (Wildman–Crippen LogP) is 1.66. The van der Waals surface area contributed by atoms with Crippen LogP contribution in [0.4, 0.5) is 13.2 Å². The van der Waals surface area contributed by atoms with Crippen molar-refractivity contribution in [3.8, 4) is 0 Å². The van der Waals surface area contributed by atoms with E-state index in [0.29, 0.717) is 12.2 Å². The molecule has 0 fully saturated rings. The number of aryl methyl sites for hydroxylation is 1. The van der Waals surface area contributed by atoms with Gasteiger partial charge in [0.05, 0.1) is 5.92 Å². The Hall–Kier alpha value is -1.11. The van der Waals surface area contributed by atoms with E-state index in [4.69, 9.17) is 5.11 Å². The zero-order chi connectivity index (χ0) is 11.6. The number of alkyl halides is 3. The molecule has 7 heteroatoms. The molecular formula is C8H11F3N2O2. The quantitative estimate of drug-likeness (QED) is 0.848. The van der Waals surface area contributed by atoms with Crippen LogP contribution >= 0.6 is 0 Å². The normalized spacial score (nSPS) is 16.4. The van der Waals surface area contributed by atoms with Crippen molar-refractivity contribution in [2.75, 3.05) is 0 Å². The van der Waals surface area contributed by atoms with Crippen molar-refractivity contribution in [2.45, 2.75) is 38.5 Å². The van der Waals surface area contributed by atoms with Crippen LogP contribution in [0, 0.1) is 0 Å². The lowest BCUT2D eigenvalue weighted by Crippen LogP contribution is -2.33. The summed E-state index contributed by atoms with van der Waals surface area (Å²) in [6.07, 6.45) is -6.69. The van der Waals surface area contributed by atoms with E-state index in [9.17, 15) is 13.2 Å². The second-order valence-corrected chi connectivity index (χ2v) is 3.18. The monoisotopic (exact) mass is 224 g/mol. The maximum absolute atomic E-state index is 12.1. The summed E-state index contributed by atoms with van der Waals surface area (Å²) >= 11 is 0. The van der Waals surface area contributed by atoms with Gasteiger partial charge in [0.2, 0.25) is 5.89 Å². The summed E-state index contributed by atoms with van der Waals surface area (Å²) in [6.45, 7) is 2.94. The average Bonchev–Trinajstić information content (AvgIpc) is 2.62. The first-order chi connectivity index (χ1) is 6.86. The van der Waals surface area contributed by atoms with Crippen molar-refractivity contribution >= 4 is 0 Å². The van der Waals surface area contributed by atoms with E-state index in [0.717, 1.165) is 0 Å². The van der Waals surface area contributed by atoms with Crippen LogP contribution in [0.5, 0.6) is 0 Å². The highest BCUT2D eigenvalue weighted by Crippen LogP contribution is 2.30. The molecule has 0 saturated heterocycles. The summed E-state index contributed by atoms with van der Waals surface area (Å²) in [5.41, 5.74) is 0. The molecule has 0 aliphatic rings. The minimum atomic E-state index is -4.68. The number of aliphatic hydroxyl groups excluding tert-OH is 1. The second kappa shape index (κ2) is 4.18. The SMILES string of the molecule is CCc1noc(C(C)C(O)C(F)(F)F)n1. The largest absolute Gasteiger partial charge is 0.415 e. The minimum absolute atomic E-state index is 0.198. The van der Waals surface area contributed by atoms with Gasteiger partial charge in [-0.15, -0.1) is 0 Å². The average molecular weight is 224 g/mol. The van der Waals surface area contributed by atoms with Gasteiger partial charge in [0.25, 0.3) is 0 Å². The first-order valence-corrected chi connectivity index (χ1v) is 4.43. The van der Waals surface area contributed by atoms with E-state index in [2.05, 4.69) is 14.7 Å². The highest BCUT2D eigenvalue weighted by molar-refractivity contribution is 4.97. The van der Waals surface area contributed by atoms with Crippen LogP contribution in [-0.2, 0) is 6.42 Å². The summed E-state index contributed by atoms with van der Waals surface area (Å²) < 4.78 is 41.0. The fourth-order valence-electron chi connectivity index (χ4n) is 1.01. The number of rotatable bonds is 3. The van der Waals surface area contributed by atoms with Crippen LogP contribution in [0.1, 0.15) is 31.5 Å². The standard InChI is InChI=1S/C8H11F3N2O2/c1-3-5-12-7(15-13-5)4(2)6(14)8(9,10)11/h4,6,14H,3H2,1-2H3. The van der Waals surface area contributed by atoms with Gasteiger partial charge in [0.15, 0.2) is 11.9 Å². The molecular weight excluding hydrogens is 213 g/mol. The number of halogens is 3. The molecule has 0 aliphatic heterocycles. The number of aliphatic hydroxyl groups is 1. The molecule has 0 spiro atoms. The Bertz CT molecular complexity index is 324. The lowest BCUT2D eigenvalue weighted by atomic mass is 10.1. The summed E-state index contributed by atoms with van der Waals surface area (Å²) in [5.74, 6) is -1.12. The van der Waals surface area contributed by atoms with Crippen LogP contribution in [0.3, 0.4) is 0 Å². The summed E-state index contributed by atoms with van der Waals surface area (Å²) in [7, 11) is 0. The van der Waals surface area contributed by atoms with Gasteiger partial charge in [-0.2, -0.15) is 18.2 Å². The topological polar surface area (TPSA) is 59.2 Å². The Morgan fingerprint density at radius 3 is 2.47 bits per heavy atom. The van der Waals surface area contributed by atoms with Gasteiger partial charge in [-0.25, -0.2) is 0 Å².